The van der Waals surface area contributed by atoms with Gasteiger partial charge in [0.2, 0.25) is 15.9 Å². The highest BCUT2D eigenvalue weighted by Crippen LogP contribution is 2.23. The lowest BCUT2D eigenvalue weighted by atomic mass is 10.1. The molecule has 8 heteroatoms. The number of anilines is 1. The molecule has 6 nitrogen and oxygen atoms in total. The molecule has 2 N–H and O–H groups in total. The van der Waals surface area contributed by atoms with Crippen molar-refractivity contribution in [3.8, 4) is 0 Å². The number of carbonyl (C=O) groups is 1. The molecule has 2 aromatic rings. The SMILES string of the molecule is C[C@H](N[C@H](C)C(=O)Nc1cccc(S(=O)(=O)N2CCCCC2)c1)c1ccc(Br)cc1. The average molecular weight is 494 g/mol. The molecule has 0 spiro atoms. The van der Waals surface area contributed by atoms with Crippen molar-refractivity contribution in [2.24, 2.45) is 0 Å². The number of sulfonamides is 1. The van der Waals surface area contributed by atoms with Crippen molar-refractivity contribution < 1.29 is 13.2 Å². The van der Waals surface area contributed by atoms with Gasteiger partial charge in [-0.2, -0.15) is 4.31 Å². The zero-order chi connectivity index (χ0) is 21.7. The number of piperidine rings is 1. The first kappa shape index (κ1) is 22.9. The highest BCUT2D eigenvalue weighted by molar-refractivity contribution is 9.10. The zero-order valence-corrected chi connectivity index (χ0v) is 19.7. The molecule has 1 aliphatic rings. The van der Waals surface area contributed by atoms with Crippen LogP contribution in [0, 0.1) is 0 Å². The molecule has 0 aliphatic carbocycles. The van der Waals surface area contributed by atoms with E-state index in [-0.39, 0.29) is 16.8 Å². The van der Waals surface area contributed by atoms with Crippen molar-refractivity contribution in [2.45, 2.75) is 50.1 Å². The number of nitrogens with zero attached hydrogens (tertiary/aromatic N) is 1. The van der Waals surface area contributed by atoms with Crippen LogP contribution in [0.4, 0.5) is 5.69 Å². The third-order valence-electron chi connectivity index (χ3n) is 5.32. The fraction of sp³-hybridized carbons (Fsp3) is 0.409. The van der Waals surface area contributed by atoms with Crippen molar-refractivity contribution in [3.63, 3.8) is 0 Å². The maximum atomic E-state index is 12.9. The summed E-state index contributed by atoms with van der Waals surface area (Å²) in [6, 6.07) is 14.0. The van der Waals surface area contributed by atoms with Crippen LogP contribution in [0.25, 0.3) is 0 Å². The summed E-state index contributed by atoms with van der Waals surface area (Å²) in [6.45, 7) is 4.89. The molecule has 0 unspecified atom stereocenters. The maximum absolute atomic E-state index is 12.9. The predicted molar refractivity (Wildman–Crippen MR) is 123 cm³/mol. The van der Waals surface area contributed by atoms with E-state index in [1.807, 2.05) is 31.2 Å². The molecule has 1 fully saturated rings. The standard InChI is InChI=1S/C22H28BrN3O3S/c1-16(18-9-11-19(23)12-10-18)24-17(2)22(27)25-20-7-6-8-21(15-20)30(28,29)26-13-4-3-5-14-26/h6-12,15-17,24H,3-5,13-14H2,1-2H3,(H,25,27)/t16-,17+/m0/s1. The van der Waals surface area contributed by atoms with E-state index in [1.165, 1.54) is 10.4 Å². The first-order valence-corrected chi connectivity index (χ1v) is 12.4. The fourth-order valence-electron chi connectivity index (χ4n) is 3.54. The summed E-state index contributed by atoms with van der Waals surface area (Å²) in [5.41, 5.74) is 1.55. The molecule has 1 amide bonds. The van der Waals surface area contributed by atoms with E-state index in [0.29, 0.717) is 18.8 Å². The van der Waals surface area contributed by atoms with Crippen LogP contribution in [0.5, 0.6) is 0 Å². The molecule has 1 heterocycles. The summed E-state index contributed by atoms with van der Waals surface area (Å²) < 4.78 is 28.3. The highest BCUT2D eigenvalue weighted by Gasteiger charge is 2.26. The van der Waals surface area contributed by atoms with E-state index in [1.54, 1.807) is 25.1 Å². The maximum Gasteiger partial charge on any atom is 0.243 e. The second-order valence-corrected chi connectivity index (χ2v) is 10.5. The van der Waals surface area contributed by atoms with Gasteiger partial charge in [-0.15, -0.1) is 0 Å². The van der Waals surface area contributed by atoms with Crippen LogP contribution in [0.15, 0.2) is 57.9 Å². The van der Waals surface area contributed by atoms with Gasteiger partial charge in [0.25, 0.3) is 0 Å². The van der Waals surface area contributed by atoms with Gasteiger partial charge in [0.1, 0.15) is 0 Å². The van der Waals surface area contributed by atoms with Crippen molar-refractivity contribution in [3.05, 3.63) is 58.6 Å². The van der Waals surface area contributed by atoms with Crippen LogP contribution in [-0.2, 0) is 14.8 Å². The van der Waals surface area contributed by atoms with E-state index in [0.717, 1.165) is 29.3 Å². The quantitative estimate of drug-likeness (QED) is 0.602. The van der Waals surface area contributed by atoms with Gasteiger partial charge in [-0.1, -0.05) is 40.5 Å². The Labute approximate surface area is 187 Å². The van der Waals surface area contributed by atoms with Crippen LogP contribution >= 0.6 is 15.9 Å². The Hall–Kier alpha value is -1.74. The number of hydrogen-bond acceptors (Lipinski definition) is 4. The molecule has 0 radical (unpaired) electrons. The van der Waals surface area contributed by atoms with Gasteiger partial charge in [0.05, 0.1) is 10.9 Å². The van der Waals surface area contributed by atoms with E-state index in [9.17, 15) is 13.2 Å². The molecular formula is C22H28BrN3O3S. The second-order valence-electron chi connectivity index (χ2n) is 7.64. The van der Waals surface area contributed by atoms with E-state index in [2.05, 4.69) is 26.6 Å². The summed E-state index contributed by atoms with van der Waals surface area (Å²) in [7, 11) is -3.54. The summed E-state index contributed by atoms with van der Waals surface area (Å²) in [6.07, 6.45) is 2.83. The van der Waals surface area contributed by atoms with Gasteiger partial charge < -0.3 is 5.32 Å². The predicted octanol–water partition coefficient (Wildman–Crippen LogP) is 4.30. The minimum Gasteiger partial charge on any atom is -0.325 e. The van der Waals surface area contributed by atoms with Crippen LogP contribution in [0.1, 0.15) is 44.7 Å². The summed E-state index contributed by atoms with van der Waals surface area (Å²) in [5, 5.41) is 6.11. The normalized spacial score (nSPS) is 17.3. The van der Waals surface area contributed by atoms with Crippen LogP contribution in [0.3, 0.4) is 0 Å². The third kappa shape index (κ3) is 5.69. The molecule has 0 saturated carbocycles. The molecule has 2 aromatic carbocycles. The minimum atomic E-state index is -3.54. The van der Waals surface area contributed by atoms with Crippen LogP contribution in [-0.4, -0.2) is 37.8 Å². The van der Waals surface area contributed by atoms with E-state index < -0.39 is 16.1 Å². The van der Waals surface area contributed by atoms with E-state index in [4.69, 9.17) is 0 Å². The molecular weight excluding hydrogens is 466 g/mol. The fourth-order valence-corrected chi connectivity index (χ4v) is 5.37. The second kappa shape index (κ2) is 10.0. The molecule has 2 atom stereocenters. The van der Waals surface area contributed by atoms with Gasteiger partial charge in [-0.05, 0) is 62.6 Å². The van der Waals surface area contributed by atoms with Crippen LogP contribution < -0.4 is 10.6 Å². The Morgan fingerprint density at radius 2 is 1.70 bits per heavy atom. The number of nitrogens with one attached hydrogen (secondary N) is 2. The van der Waals surface area contributed by atoms with Gasteiger partial charge in [-0.3, -0.25) is 10.1 Å². The number of rotatable bonds is 7. The van der Waals surface area contributed by atoms with Crippen molar-refractivity contribution >= 4 is 37.5 Å². The van der Waals surface area contributed by atoms with Gasteiger partial charge in [0, 0.05) is 29.3 Å². The number of carbonyl (C=O) groups excluding carboxylic acids is 1. The molecule has 0 aromatic heterocycles. The number of hydrogen-bond donors (Lipinski definition) is 2. The molecule has 1 saturated heterocycles. The Morgan fingerprint density at radius 3 is 2.37 bits per heavy atom. The molecule has 1 aliphatic heterocycles. The Morgan fingerprint density at radius 1 is 1.03 bits per heavy atom. The van der Waals surface area contributed by atoms with Crippen molar-refractivity contribution in [2.75, 3.05) is 18.4 Å². The molecule has 30 heavy (non-hydrogen) atoms. The average Bonchev–Trinajstić information content (AvgIpc) is 2.75. The Kier molecular flexibility index (Phi) is 7.68. The van der Waals surface area contributed by atoms with E-state index >= 15 is 0 Å². The Balaban J connectivity index is 1.64. The third-order valence-corrected chi connectivity index (χ3v) is 7.74. The minimum absolute atomic E-state index is 0.00957. The Bertz CT molecular complexity index is 973. The lowest BCUT2D eigenvalue weighted by Gasteiger charge is -2.26. The largest absolute Gasteiger partial charge is 0.325 e. The summed E-state index contributed by atoms with van der Waals surface area (Å²) >= 11 is 3.42. The lowest BCUT2D eigenvalue weighted by molar-refractivity contribution is -0.117. The molecule has 0 bridgehead atoms. The lowest BCUT2D eigenvalue weighted by Crippen LogP contribution is -2.39. The number of halogens is 1. The first-order valence-electron chi connectivity index (χ1n) is 10.2. The summed E-state index contributed by atoms with van der Waals surface area (Å²) in [4.78, 5) is 12.9. The number of benzene rings is 2. The monoisotopic (exact) mass is 493 g/mol. The number of amides is 1. The van der Waals surface area contributed by atoms with Gasteiger partial charge in [-0.25, -0.2) is 8.42 Å². The first-order chi connectivity index (χ1) is 14.3. The zero-order valence-electron chi connectivity index (χ0n) is 17.3. The van der Waals surface area contributed by atoms with Crippen molar-refractivity contribution in [1.82, 2.24) is 9.62 Å². The smallest absolute Gasteiger partial charge is 0.243 e. The summed E-state index contributed by atoms with van der Waals surface area (Å²) in [5.74, 6) is -0.216. The molecule has 162 valence electrons. The van der Waals surface area contributed by atoms with Crippen molar-refractivity contribution in [1.29, 1.82) is 0 Å². The van der Waals surface area contributed by atoms with Crippen LogP contribution in [0.2, 0.25) is 0 Å². The highest BCUT2D eigenvalue weighted by atomic mass is 79.9. The molecule has 3 rings (SSSR count). The van der Waals surface area contributed by atoms with Gasteiger partial charge in [0.15, 0.2) is 0 Å². The topological polar surface area (TPSA) is 78.5 Å². The van der Waals surface area contributed by atoms with Gasteiger partial charge >= 0.3 is 0 Å².